The Morgan fingerprint density at radius 3 is 2.62 bits per heavy atom. The van der Waals surface area contributed by atoms with Gasteiger partial charge in [-0.05, 0) is 52.5 Å². The van der Waals surface area contributed by atoms with Crippen LogP contribution >= 0.6 is 15.9 Å². The highest BCUT2D eigenvalue weighted by molar-refractivity contribution is 9.10. The van der Waals surface area contributed by atoms with Gasteiger partial charge in [0.05, 0.1) is 11.0 Å². The SMILES string of the molecule is CCC1(c2ccc(NC(=O)c3cncc(Br)c3)cc2)CCC(=O)NC1=O. The lowest BCUT2D eigenvalue weighted by atomic mass is 9.72. The molecule has 26 heavy (non-hydrogen) atoms. The maximum atomic E-state index is 12.4. The average molecular weight is 416 g/mol. The van der Waals surface area contributed by atoms with Crippen molar-refractivity contribution in [2.75, 3.05) is 5.32 Å². The van der Waals surface area contributed by atoms with Crippen molar-refractivity contribution < 1.29 is 14.4 Å². The maximum absolute atomic E-state index is 12.4. The largest absolute Gasteiger partial charge is 0.322 e. The van der Waals surface area contributed by atoms with Gasteiger partial charge >= 0.3 is 0 Å². The van der Waals surface area contributed by atoms with Crippen molar-refractivity contribution in [2.45, 2.75) is 31.6 Å². The van der Waals surface area contributed by atoms with Crippen LogP contribution in [0.5, 0.6) is 0 Å². The van der Waals surface area contributed by atoms with Crippen LogP contribution in [0.25, 0.3) is 0 Å². The summed E-state index contributed by atoms with van der Waals surface area (Å²) in [5.41, 5.74) is 1.20. The molecule has 134 valence electrons. The molecule has 0 aliphatic carbocycles. The third-order valence-corrected chi connectivity index (χ3v) is 5.17. The summed E-state index contributed by atoms with van der Waals surface area (Å²) in [5, 5.41) is 5.24. The number of aromatic nitrogens is 1. The van der Waals surface area contributed by atoms with E-state index in [1.165, 1.54) is 6.20 Å². The highest BCUT2D eigenvalue weighted by atomic mass is 79.9. The highest BCUT2D eigenvalue weighted by Crippen LogP contribution is 2.36. The fourth-order valence-electron chi connectivity index (χ4n) is 3.18. The molecule has 1 aromatic carbocycles. The summed E-state index contributed by atoms with van der Waals surface area (Å²) < 4.78 is 0.725. The zero-order valence-electron chi connectivity index (χ0n) is 14.2. The molecule has 0 saturated carbocycles. The van der Waals surface area contributed by atoms with Gasteiger partial charge in [-0.2, -0.15) is 0 Å². The molecule has 2 aromatic rings. The Bertz CT molecular complexity index is 867. The Morgan fingerprint density at radius 1 is 1.27 bits per heavy atom. The molecule has 1 aliphatic rings. The fourth-order valence-corrected chi connectivity index (χ4v) is 3.54. The summed E-state index contributed by atoms with van der Waals surface area (Å²) in [5.74, 6) is -0.753. The predicted molar refractivity (Wildman–Crippen MR) is 101 cm³/mol. The maximum Gasteiger partial charge on any atom is 0.257 e. The minimum atomic E-state index is -0.704. The molecule has 1 aromatic heterocycles. The van der Waals surface area contributed by atoms with Gasteiger partial charge in [-0.1, -0.05) is 19.1 Å². The number of pyridine rings is 1. The number of amides is 3. The van der Waals surface area contributed by atoms with Gasteiger partial charge in [0, 0.05) is 29.0 Å². The van der Waals surface area contributed by atoms with Crippen LogP contribution in [0, 0.1) is 0 Å². The third-order valence-electron chi connectivity index (χ3n) is 4.73. The van der Waals surface area contributed by atoms with Crippen molar-refractivity contribution in [2.24, 2.45) is 0 Å². The van der Waals surface area contributed by atoms with Crippen LogP contribution in [-0.4, -0.2) is 22.7 Å². The van der Waals surface area contributed by atoms with Gasteiger partial charge in [0.25, 0.3) is 5.91 Å². The second kappa shape index (κ2) is 7.37. The van der Waals surface area contributed by atoms with Gasteiger partial charge in [-0.15, -0.1) is 0 Å². The Morgan fingerprint density at radius 2 is 2.00 bits per heavy atom. The number of carbonyl (C=O) groups excluding carboxylic acids is 3. The van der Waals surface area contributed by atoms with Crippen LogP contribution in [-0.2, 0) is 15.0 Å². The number of imide groups is 1. The number of nitrogens with one attached hydrogen (secondary N) is 2. The lowest BCUT2D eigenvalue weighted by Gasteiger charge is -2.35. The van der Waals surface area contributed by atoms with Crippen molar-refractivity contribution >= 4 is 39.3 Å². The van der Waals surface area contributed by atoms with E-state index in [1.807, 2.05) is 19.1 Å². The van der Waals surface area contributed by atoms with Gasteiger partial charge < -0.3 is 5.32 Å². The number of nitrogens with zero attached hydrogens (tertiary/aromatic N) is 1. The van der Waals surface area contributed by atoms with E-state index in [1.54, 1.807) is 24.4 Å². The molecular formula is C19H18BrN3O3. The Labute approximate surface area is 159 Å². The molecule has 7 heteroatoms. The number of anilines is 1. The molecule has 2 heterocycles. The van der Waals surface area contributed by atoms with Crippen LogP contribution < -0.4 is 10.6 Å². The number of rotatable bonds is 4. The lowest BCUT2D eigenvalue weighted by molar-refractivity contribution is -0.138. The third kappa shape index (κ3) is 3.53. The number of halogens is 1. The molecule has 1 unspecified atom stereocenters. The first kappa shape index (κ1) is 18.3. The van der Waals surface area contributed by atoms with Crippen molar-refractivity contribution in [3.8, 4) is 0 Å². The fraction of sp³-hybridized carbons (Fsp3) is 0.263. The van der Waals surface area contributed by atoms with E-state index in [9.17, 15) is 14.4 Å². The van der Waals surface area contributed by atoms with Crippen molar-refractivity contribution in [1.29, 1.82) is 0 Å². The monoisotopic (exact) mass is 415 g/mol. The van der Waals surface area contributed by atoms with Crippen LogP contribution in [0.3, 0.4) is 0 Å². The van der Waals surface area contributed by atoms with E-state index in [0.29, 0.717) is 30.5 Å². The molecule has 3 amide bonds. The lowest BCUT2D eigenvalue weighted by Crippen LogP contribution is -2.51. The van der Waals surface area contributed by atoms with Crippen molar-refractivity contribution in [1.82, 2.24) is 10.3 Å². The van der Waals surface area contributed by atoms with Gasteiger partial charge in [-0.3, -0.25) is 24.7 Å². The second-order valence-electron chi connectivity index (χ2n) is 6.24. The zero-order chi connectivity index (χ0) is 18.7. The molecule has 0 spiro atoms. The highest BCUT2D eigenvalue weighted by Gasteiger charge is 2.42. The molecular weight excluding hydrogens is 398 g/mol. The van der Waals surface area contributed by atoms with Crippen LogP contribution in [0.15, 0.2) is 47.2 Å². The van der Waals surface area contributed by atoms with E-state index < -0.39 is 5.41 Å². The standard InChI is InChI=1S/C19H18BrN3O3/c1-2-19(8-7-16(24)23-18(19)26)13-3-5-15(6-4-13)22-17(25)12-9-14(20)11-21-10-12/h3-6,9-11H,2,7-8H2,1H3,(H,22,25)(H,23,24,26). The molecule has 6 nitrogen and oxygen atoms in total. The number of hydrogen-bond acceptors (Lipinski definition) is 4. The van der Waals surface area contributed by atoms with Gasteiger partial charge in [-0.25, -0.2) is 0 Å². The minimum Gasteiger partial charge on any atom is -0.322 e. The predicted octanol–water partition coefficient (Wildman–Crippen LogP) is 3.18. The first-order valence-corrected chi connectivity index (χ1v) is 9.10. The van der Waals surface area contributed by atoms with Crippen molar-refractivity contribution in [3.63, 3.8) is 0 Å². The first-order chi connectivity index (χ1) is 12.4. The van der Waals surface area contributed by atoms with Gasteiger partial charge in [0.15, 0.2) is 0 Å². The summed E-state index contributed by atoms with van der Waals surface area (Å²) in [4.78, 5) is 40.1. The summed E-state index contributed by atoms with van der Waals surface area (Å²) in [6.45, 7) is 1.94. The summed E-state index contributed by atoms with van der Waals surface area (Å²) >= 11 is 3.29. The molecule has 0 bridgehead atoms. The molecule has 3 rings (SSSR count). The number of benzene rings is 1. The quantitative estimate of drug-likeness (QED) is 0.750. The second-order valence-corrected chi connectivity index (χ2v) is 7.15. The number of piperidine rings is 1. The van der Waals surface area contributed by atoms with E-state index in [4.69, 9.17) is 0 Å². The summed E-state index contributed by atoms with van der Waals surface area (Å²) in [6, 6.07) is 8.87. The van der Waals surface area contributed by atoms with E-state index in [-0.39, 0.29) is 17.7 Å². The van der Waals surface area contributed by atoms with E-state index in [2.05, 4.69) is 31.5 Å². The number of carbonyl (C=O) groups is 3. The molecule has 1 atom stereocenters. The molecule has 1 fully saturated rings. The van der Waals surface area contributed by atoms with Gasteiger partial charge in [0.1, 0.15) is 0 Å². The van der Waals surface area contributed by atoms with Crippen LogP contribution in [0.1, 0.15) is 42.1 Å². The topological polar surface area (TPSA) is 88.2 Å². The molecule has 2 N–H and O–H groups in total. The smallest absolute Gasteiger partial charge is 0.257 e. The van der Waals surface area contributed by atoms with Crippen LogP contribution in [0.2, 0.25) is 0 Å². The van der Waals surface area contributed by atoms with E-state index in [0.717, 1.165) is 10.0 Å². The normalized spacial score (nSPS) is 19.8. The first-order valence-electron chi connectivity index (χ1n) is 8.31. The summed E-state index contributed by atoms with van der Waals surface area (Å²) in [6.07, 6.45) is 4.51. The average Bonchev–Trinajstić information content (AvgIpc) is 2.63. The summed E-state index contributed by atoms with van der Waals surface area (Å²) in [7, 11) is 0. The molecule has 0 radical (unpaired) electrons. The Hall–Kier alpha value is -2.54. The van der Waals surface area contributed by atoms with Crippen molar-refractivity contribution in [3.05, 3.63) is 58.3 Å². The number of hydrogen-bond donors (Lipinski definition) is 2. The zero-order valence-corrected chi connectivity index (χ0v) is 15.8. The Balaban J connectivity index is 1.79. The Kier molecular flexibility index (Phi) is 5.18. The minimum absolute atomic E-state index is 0.231. The van der Waals surface area contributed by atoms with Gasteiger partial charge in [0.2, 0.25) is 11.8 Å². The molecule has 1 aliphatic heterocycles. The van der Waals surface area contributed by atoms with Crippen LogP contribution in [0.4, 0.5) is 5.69 Å². The molecule has 1 saturated heterocycles. The van der Waals surface area contributed by atoms with E-state index >= 15 is 0 Å².